The molecule has 15 heavy (non-hydrogen) atoms. The highest BCUT2D eigenvalue weighted by molar-refractivity contribution is 5.89. The third kappa shape index (κ3) is 3.94. The largest absolute Gasteiger partial charge is 0.455 e. The topological polar surface area (TPSA) is 39.2 Å². The molecule has 0 aliphatic rings. The third-order valence-electron chi connectivity index (χ3n) is 1.76. The van der Waals surface area contributed by atoms with Crippen molar-refractivity contribution in [3.05, 3.63) is 41.7 Å². The van der Waals surface area contributed by atoms with Crippen molar-refractivity contribution in [2.75, 3.05) is 0 Å². The lowest BCUT2D eigenvalue weighted by atomic mass is 10.2. The van der Waals surface area contributed by atoms with Crippen molar-refractivity contribution in [3.8, 4) is 0 Å². The molecule has 0 N–H and O–H groups in total. The molecule has 3 heteroatoms. The number of ether oxygens (including phenoxy) is 1. The highest BCUT2D eigenvalue weighted by Crippen LogP contribution is 2.04. The van der Waals surface area contributed by atoms with E-state index in [2.05, 4.69) is 4.98 Å². The van der Waals surface area contributed by atoms with E-state index in [0.717, 1.165) is 5.57 Å². The number of rotatable bonds is 3. The van der Waals surface area contributed by atoms with E-state index in [9.17, 15) is 4.79 Å². The fraction of sp³-hybridized carbons (Fsp3) is 0.333. The molecule has 0 fully saturated rings. The average Bonchev–Trinajstić information content (AvgIpc) is 2.17. The number of carbonyl (C=O) groups is 1. The first kappa shape index (κ1) is 11.4. The number of nitrogens with zero attached hydrogens (tertiary/aromatic N) is 1. The van der Waals surface area contributed by atoms with Gasteiger partial charge in [-0.25, -0.2) is 4.79 Å². The minimum atomic E-state index is -0.340. The summed E-state index contributed by atoms with van der Waals surface area (Å²) in [4.78, 5) is 15.4. The van der Waals surface area contributed by atoms with Gasteiger partial charge in [-0.1, -0.05) is 5.57 Å². The molecule has 0 unspecified atom stereocenters. The van der Waals surface area contributed by atoms with E-state index in [1.807, 2.05) is 26.8 Å². The molecule has 1 aromatic heterocycles. The summed E-state index contributed by atoms with van der Waals surface area (Å²) in [6, 6.07) is 3.40. The molecule has 0 amide bonds. The Balaban J connectivity index is 2.61. The minimum Gasteiger partial charge on any atom is -0.455 e. The molecule has 1 atom stereocenters. The van der Waals surface area contributed by atoms with Gasteiger partial charge in [0.15, 0.2) is 0 Å². The van der Waals surface area contributed by atoms with Gasteiger partial charge in [-0.15, -0.1) is 0 Å². The van der Waals surface area contributed by atoms with Crippen LogP contribution in [0.5, 0.6) is 0 Å². The van der Waals surface area contributed by atoms with Gasteiger partial charge in [-0.2, -0.15) is 0 Å². The molecule has 1 rings (SSSR count). The number of pyridine rings is 1. The van der Waals surface area contributed by atoms with Crippen LogP contribution in [0.4, 0.5) is 0 Å². The summed E-state index contributed by atoms with van der Waals surface area (Å²) in [5.41, 5.74) is 1.60. The first-order valence-electron chi connectivity index (χ1n) is 4.85. The van der Waals surface area contributed by atoms with Gasteiger partial charge in [0.05, 0.1) is 5.56 Å². The van der Waals surface area contributed by atoms with Crippen molar-refractivity contribution in [1.29, 1.82) is 0 Å². The van der Waals surface area contributed by atoms with Crippen molar-refractivity contribution < 1.29 is 9.53 Å². The molecule has 0 saturated carbocycles. The maximum Gasteiger partial charge on any atom is 0.340 e. The molecule has 1 heterocycles. The van der Waals surface area contributed by atoms with E-state index >= 15 is 0 Å². The Labute approximate surface area is 89.8 Å². The second-order valence-electron chi connectivity index (χ2n) is 3.60. The number of carbonyl (C=O) groups excluding carboxylic acids is 1. The zero-order chi connectivity index (χ0) is 11.3. The van der Waals surface area contributed by atoms with Crippen molar-refractivity contribution in [2.24, 2.45) is 0 Å². The highest BCUT2D eigenvalue weighted by atomic mass is 16.5. The Morgan fingerprint density at radius 1 is 1.53 bits per heavy atom. The van der Waals surface area contributed by atoms with Crippen LogP contribution >= 0.6 is 0 Å². The number of aromatic nitrogens is 1. The zero-order valence-electron chi connectivity index (χ0n) is 9.23. The van der Waals surface area contributed by atoms with Gasteiger partial charge < -0.3 is 4.74 Å². The van der Waals surface area contributed by atoms with Gasteiger partial charge in [0.25, 0.3) is 0 Å². The van der Waals surface area contributed by atoms with Crippen LogP contribution in [0.1, 0.15) is 31.1 Å². The maximum atomic E-state index is 11.5. The third-order valence-corrected chi connectivity index (χ3v) is 1.76. The van der Waals surface area contributed by atoms with Gasteiger partial charge in [-0.3, -0.25) is 4.98 Å². The van der Waals surface area contributed by atoms with E-state index in [0.29, 0.717) is 5.56 Å². The molecular formula is C12H15NO2. The predicted octanol–water partition coefficient (Wildman–Crippen LogP) is 2.59. The molecule has 0 aromatic carbocycles. The first-order chi connectivity index (χ1) is 7.09. The highest BCUT2D eigenvalue weighted by Gasteiger charge is 2.09. The molecule has 80 valence electrons. The van der Waals surface area contributed by atoms with Crippen LogP contribution in [0.15, 0.2) is 36.2 Å². The van der Waals surface area contributed by atoms with Crippen LogP contribution in [0.3, 0.4) is 0 Å². The molecule has 0 aliphatic carbocycles. The van der Waals surface area contributed by atoms with Crippen molar-refractivity contribution in [3.63, 3.8) is 0 Å². The minimum absolute atomic E-state index is 0.206. The maximum absolute atomic E-state index is 11.5. The second kappa shape index (κ2) is 5.29. The summed E-state index contributed by atoms with van der Waals surface area (Å²) >= 11 is 0. The second-order valence-corrected chi connectivity index (χ2v) is 3.60. The van der Waals surface area contributed by atoms with Gasteiger partial charge in [-0.05, 0) is 39.0 Å². The lowest BCUT2D eigenvalue weighted by molar-refractivity contribution is 0.0423. The van der Waals surface area contributed by atoms with Crippen molar-refractivity contribution in [2.45, 2.75) is 26.9 Å². The summed E-state index contributed by atoms with van der Waals surface area (Å²) in [5.74, 6) is -0.340. The van der Waals surface area contributed by atoms with E-state index in [1.54, 1.807) is 18.3 Å². The Bertz CT molecular complexity index is 353. The summed E-state index contributed by atoms with van der Waals surface area (Å²) in [6.07, 6.45) is 4.81. The normalized spacial score (nSPS) is 11.7. The van der Waals surface area contributed by atoms with Crippen LogP contribution in [0.25, 0.3) is 0 Å². The van der Waals surface area contributed by atoms with Crippen molar-refractivity contribution >= 4 is 5.97 Å². The fourth-order valence-corrected chi connectivity index (χ4v) is 1.22. The number of esters is 1. The Kier molecular flexibility index (Phi) is 4.03. The summed E-state index contributed by atoms with van der Waals surface area (Å²) < 4.78 is 5.19. The van der Waals surface area contributed by atoms with Gasteiger partial charge >= 0.3 is 5.97 Å². The molecule has 0 aliphatic heterocycles. The van der Waals surface area contributed by atoms with Crippen LogP contribution in [-0.4, -0.2) is 17.1 Å². The van der Waals surface area contributed by atoms with E-state index in [1.165, 1.54) is 6.20 Å². The SMILES string of the molecule is CC(C)=C[C@@H](C)OC(=O)c1cccnc1. The lowest BCUT2D eigenvalue weighted by Gasteiger charge is -2.09. The van der Waals surface area contributed by atoms with Gasteiger partial charge in [0, 0.05) is 12.4 Å². The van der Waals surface area contributed by atoms with Gasteiger partial charge in [0.1, 0.15) is 6.10 Å². The molecule has 0 bridgehead atoms. The number of hydrogen-bond donors (Lipinski definition) is 0. The monoisotopic (exact) mass is 205 g/mol. The van der Waals surface area contributed by atoms with Crippen LogP contribution in [0, 0.1) is 0 Å². The Morgan fingerprint density at radius 2 is 2.27 bits per heavy atom. The number of hydrogen-bond acceptors (Lipinski definition) is 3. The molecule has 0 radical (unpaired) electrons. The molecule has 1 aromatic rings. The zero-order valence-corrected chi connectivity index (χ0v) is 9.23. The number of allylic oxidation sites excluding steroid dienone is 1. The average molecular weight is 205 g/mol. The molecule has 3 nitrogen and oxygen atoms in total. The van der Waals surface area contributed by atoms with Crippen LogP contribution < -0.4 is 0 Å². The van der Waals surface area contributed by atoms with E-state index in [-0.39, 0.29) is 12.1 Å². The predicted molar refractivity (Wildman–Crippen MR) is 58.5 cm³/mol. The fourth-order valence-electron chi connectivity index (χ4n) is 1.22. The van der Waals surface area contributed by atoms with Crippen LogP contribution in [0.2, 0.25) is 0 Å². The van der Waals surface area contributed by atoms with E-state index < -0.39 is 0 Å². The molecular weight excluding hydrogens is 190 g/mol. The van der Waals surface area contributed by atoms with E-state index in [4.69, 9.17) is 4.74 Å². The summed E-state index contributed by atoms with van der Waals surface area (Å²) in [5, 5.41) is 0. The smallest absolute Gasteiger partial charge is 0.340 e. The first-order valence-corrected chi connectivity index (χ1v) is 4.85. The van der Waals surface area contributed by atoms with Gasteiger partial charge in [0.2, 0.25) is 0 Å². The summed E-state index contributed by atoms with van der Waals surface area (Å²) in [7, 11) is 0. The van der Waals surface area contributed by atoms with Crippen molar-refractivity contribution in [1.82, 2.24) is 4.98 Å². The molecule has 0 spiro atoms. The Hall–Kier alpha value is -1.64. The summed E-state index contributed by atoms with van der Waals surface area (Å²) in [6.45, 7) is 5.77. The van der Waals surface area contributed by atoms with Crippen LogP contribution in [-0.2, 0) is 4.74 Å². The lowest BCUT2D eigenvalue weighted by Crippen LogP contribution is -2.13. The molecule has 0 saturated heterocycles. The Morgan fingerprint density at radius 3 is 2.80 bits per heavy atom. The quantitative estimate of drug-likeness (QED) is 0.562. The standard InChI is InChI=1S/C12H15NO2/c1-9(2)7-10(3)15-12(14)11-5-4-6-13-8-11/h4-8,10H,1-3H3/t10-/m1/s1.